The minimum atomic E-state index is -4.63. The van der Waals surface area contributed by atoms with Gasteiger partial charge < -0.3 is 5.32 Å². The number of rotatable bonds is 3. The van der Waals surface area contributed by atoms with Crippen molar-refractivity contribution in [1.29, 1.82) is 10.5 Å². The van der Waals surface area contributed by atoms with Gasteiger partial charge in [-0.05, 0) is 17.3 Å². The van der Waals surface area contributed by atoms with E-state index in [1.54, 1.807) is 12.1 Å². The van der Waals surface area contributed by atoms with E-state index < -0.39 is 11.7 Å². The van der Waals surface area contributed by atoms with Crippen molar-refractivity contribution in [3.05, 3.63) is 40.3 Å². The summed E-state index contributed by atoms with van der Waals surface area (Å²) < 4.78 is 38.1. The van der Waals surface area contributed by atoms with Crippen molar-refractivity contribution in [2.24, 2.45) is 0 Å². The number of allylic oxidation sites excluding steroid dienone is 1. The van der Waals surface area contributed by atoms with Gasteiger partial charge in [0.05, 0.1) is 21.8 Å². The number of nitrogens with zero attached hydrogens (tertiary/aromatic N) is 5. The van der Waals surface area contributed by atoms with E-state index >= 15 is 0 Å². The van der Waals surface area contributed by atoms with Crippen LogP contribution >= 0.6 is 11.6 Å². The van der Waals surface area contributed by atoms with Crippen molar-refractivity contribution < 1.29 is 13.2 Å². The summed E-state index contributed by atoms with van der Waals surface area (Å²) in [7, 11) is 0. The van der Waals surface area contributed by atoms with Gasteiger partial charge in [-0.3, -0.25) is 0 Å². The summed E-state index contributed by atoms with van der Waals surface area (Å²) in [5.74, 6) is -0.0264. The number of halogens is 4. The Labute approximate surface area is 132 Å². The number of hydrogen-bond acceptors (Lipinski definition) is 6. The molecule has 23 heavy (non-hydrogen) atoms. The number of nitrogens with one attached hydrogen (secondary N) is 2. The Bertz CT molecular complexity index is 828. The average molecular weight is 340 g/mol. The molecule has 0 saturated carbocycles. The highest BCUT2D eigenvalue weighted by atomic mass is 35.5. The smallest absolute Gasteiger partial charge is 0.358 e. The number of hydrogen-bond donors (Lipinski definition) is 2. The van der Waals surface area contributed by atoms with Crippen molar-refractivity contribution >= 4 is 22.9 Å². The van der Waals surface area contributed by atoms with Gasteiger partial charge >= 0.3 is 6.18 Å². The van der Waals surface area contributed by atoms with Crippen LogP contribution in [0.2, 0.25) is 5.02 Å². The number of anilines is 1. The van der Waals surface area contributed by atoms with E-state index in [2.05, 4.69) is 25.9 Å². The summed E-state index contributed by atoms with van der Waals surface area (Å²) in [5, 5.41) is 32.8. The predicted octanol–water partition coefficient (Wildman–Crippen LogP) is 2.72. The number of tetrazole rings is 1. The zero-order chi connectivity index (χ0) is 17.0. The first-order valence-electron chi connectivity index (χ1n) is 5.78. The molecule has 0 unspecified atom stereocenters. The Morgan fingerprint density at radius 2 is 2.09 bits per heavy atom. The molecule has 0 aliphatic carbocycles. The van der Waals surface area contributed by atoms with Gasteiger partial charge in [-0.1, -0.05) is 11.6 Å². The number of aromatic nitrogens is 4. The van der Waals surface area contributed by atoms with Gasteiger partial charge in [0.15, 0.2) is 0 Å². The summed E-state index contributed by atoms with van der Waals surface area (Å²) in [5.41, 5.74) is -1.50. The van der Waals surface area contributed by atoms with E-state index in [1.165, 1.54) is 0 Å². The van der Waals surface area contributed by atoms with E-state index in [0.29, 0.717) is 12.1 Å². The second kappa shape index (κ2) is 6.34. The number of aromatic amines is 1. The maximum absolute atomic E-state index is 12.7. The van der Waals surface area contributed by atoms with Crippen LogP contribution in [0.3, 0.4) is 0 Å². The van der Waals surface area contributed by atoms with E-state index in [4.69, 9.17) is 22.1 Å². The second-order valence-corrected chi connectivity index (χ2v) is 4.45. The highest BCUT2D eigenvalue weighted by Gasteiger charge is 2.32. The lowest BCUT2D eigenvalue weighted by Gasteiger charge is -2.12. The molecule has 1 heterocycles. The lowest BCUT2D eigenvalue weighted by Crippen LogP contribution is -2.07. The predicted molar refractivity (Wildman–Crippen MR) is 72.6 cm³/mol. The summed E-state index contributed by atoms with van der Waals surface area (Å²) >= 11 is 5.80. The van der Waals surface area contributed by atoms with Gasteiger partial charge in [0.1, 0.15) is 17.7 Å². The van der Waals surface area contributed by atoms with Crippen LogP contribution in [-0.2, 0) is 6.18 Å². The molecule has 0 spiro atoms. The topological polar surface area (TPSA) is 114 Å². The third-order valence-corrected chi connectivity index (χ3v) is 2.90. The molecule has 0 radical (unpaired) electrons. The zero-order valence-corrected chi connectivity index (χ0v) is 11.7. The molecule has 0 aliphatic heterocycles. The van der Waals surface area contributed by atoms with Gasteiger partial charge in [-0.25, -0.2) is 0 Å². The van der Waals surface area contributed by atoms with Crippen LogP contribution in [0.1, 0.15) is 17.0 Å². The first kappa shape index (κ1) is 16.3. The van der Waals surface area contributed by atoms with Gasteiger partial charge in [-0.15, -0.1) is 10.2 Å². The fraction of sp³-hybridized carbons (Fsp3) is 0.0833. The Kier molecular flexibility index (Phi) is 4.48. The average Bonchev–Trinajstić information content (AvgIpc) is 3.01. The largest absolute Gasteiger partial charge is 0.416 e. The van der Waals surface area contributed by atoms with E-state index in [1.807, 2.05) is 0 Å². The maximum Gasteiger partial charge on any atom is 0.416 e. The fourth-order valence-corrected chi connectivity index (χ4v) is 1.85. The molecule has 0 atom stereocenters. The lowest BCUT2D eigenvalue weighted by atomic mass is 10.1. The normalized spacial score (nSPS) is 11.7. The minimum Gasteiger partial charge on any atom is -0.358 e. The first-order chi connectivity index (χ1) is 10.9. The van der Waals surface area contributed by atoms with Crippen LogP contribution in [0.5, 0.6) is 0 Å². The molecule has 7 nitrogen and oxygen atoms in total. The maximum atomic E-state index is 12.7. The molecule has 2 aromatic rings. The van der Waals surface area contributed by atoms with E-state index in [9.17, 15) is 13.2 Å². The van der Waals surface area contributed by atoms with Crippen LogP contribution in [0.4, 0.5) is 18.9 Å². The fourth-order valence-electron chi connectivity index (χ4n) is 1.57. The summed E-state index contributed by atoms with van der Waals surface area (Å²) in [6, 6.07) is 4.73. The molecule has 0 amide bonds. The highest BCUT2D eigenvalue weighted by molar-refractivity contribution is 6.33. The highest BCUT2D eigenvalue weighted by Crippen LogP contribution is 2.36. The second-order valence-electron chi connectivity index (χ2n) is 4.04. The molecule has 1 aromatic heterocycles. The summed E-state index contributed by atoms with van der Waals surface area (Å²) in [6.45, 7) is 0. The van der Waals surface area contributed by atoms with Gasteiger partial charge in [-0.2, -0.15) is 28.9 Å². The molecule has 2 rings (SSSR count). The summed E-state index contributed by atoms with van der Waals surface area (Å²) in [6.07, 6.45) is -3.52. The van der Waals surface area contributed by atoms with Gasteiger partial charge in [0.25, 0.3) is 0 Å². The standard InChI is InChI=1S/C12H5ClF3N7/c13-9-2-8(12(14,15)16)1-6(3-17)10(9)19-5-7(4-18)11-20-22-23-21-11/h1-2,5,19H,(H,20,21,22,23). The molecule has 116 valence electrons. The SMILES string of the molecule is N#CC(=CNc1c(Cl)cc(C(F)(F)F)cc1C#N)c1nn[nH]n1. The van der Waals surface area contributed by atoms with Crippen LogP contribution in [-0.4, -0.2) is 20.6 Å². The molecule has 0 bridgehead atoms. The first-order valence-corrected chi connectivity index (χ1v) is 6.16. The Hall–Kier alpha value is -3.11. The van der Waals surface area contributed by atoms with Gasteiger partial charge in [0.2, 0.25) is 5.82 Å². The monoisotopic (exact) mass is 339 g/mol. The summed E-state index contributed by atoms with van der Waals surface area (Å²) in [4.78, 5) is 0. The number of benzene rings is 1. The molecule has 0 saturated heterocycles. The number of H-pyrrole nitrogens is 1. The Morgan fingerprint density at radius 3 is 2.61 bits per heavy atom. The Balaban J connectivity index is 2.41. The van der Waals surface area contributed by atoms with Crippen LogP contribution in [0.15, 0.2) is 18.3 Å². The minimum absolute atomic E-state index is 0.0264. The van der Waals surface area contributed by atoms with Crippen molar-refractivity contribution in [2.45, 2.75) is 6.18 Å². The lowest BCUT2D eigenvalue weighted by molar-refractivity contribution is -0.137. The van der Waals surface area contributed by atoms with E-state index in [-0.39, 0.29) is 27.7 Å². The number of alkyl halides is 3. The van der Waals surface area contributed by atoms with Crippen LogP contribution in [0.25, 0.3) is 5.57 Å². The third kappa shape index (κ3) is 3.56. The quantitative estimate of drug-likeness (QED) is 0.831. The third-order valence-electron chi connectivity index (χ3n) is 2.61. The Morgan fingerprint density at radius 1 is 1.35 bits per heavy atom. The molecule has 0 fully saturated rings. The molecule has 1 aromatic carbocycles. The van der Waals surface area contributed by atoms with Crippen LogP contribution in [0, 0.1) is 22.7 Å². The van der Waals surface area contributed by atoms with Gasteiger partial charge in [0, 0.05) is 6.20 Å². The van der Waals surface area contributed by atoms with E-state index in [0.717, 1.165) is 6.20 Å². The zero-order valence-electron chi connectivity index (χ0n) is 11.0. The molecular formula is C12H5ClF3N7. The van der Waals surface area contributed by atoms with Crippen LogP contribution < -0.4 is 5.32 Å². The van der Waals surface area contributed by atoms with Crippen molar-refractivity contribution in [3.63, 3.8) is 0 Å². The molecule has 11 heteroatoms. The molecule has 2 N–H and O–H groups in total. The van der Waals surface area contributed by atoms with Crippen molar-refractivity contribution in [3.8, 4) is 12.1 Å². The van der Waals surface area contributed by atoms with Crippen molar-refractivity contribution in [2.75, 3.05) is 5.32 Å². The van der Waals surface area contributed by atoms with Crippen molar-refractivity contribution in [1.82, 2.24) is 20.6 Å². The molecular weight excluding hydrogens is 335 g/mol. The molecule has 0 aliphatic rings. The number of nitriles is 2.